The van der Waals surface area contributed by atoms with Gasteiger partial charge in [0.2, 0.25) is 0 Å². The van der Waals surface area contributed by atoms with Gasteiger partial charge in [-0.15, -0.1) is 0 Å². The van der Waals surface area contributed by atoms with E-state index >= 15 is 0 Å². The van der Waals surface area contributed by atoms with Gasteiger partial charge in [-0.3, -0.25) is 9.69 Å². The number of nitrogens with one attached hydrogen (secondary N) is 1. The van der Waals surface area contributed by atoms with Gasteiger partial charge in [-0.1, -0.05) is 6.42 Å². The van der Waals surface area contributed by atoms with Crippen LogP contribution < -0.4 is 5.32 Å². The highest BCUT2D eigenvalue weighted by atomic mass is 16.4. The molecule has 0 bridgehead atoms. The first-order valence-corrected chi connectivity index (χ1v) is 7.92. The molecule has 1 saturated heterocycles. The monoisotopic (exact) mass is 266 g/mol. The zero-order valence-electron chi connectivity index (χ0n) is 11.7. The minimum absolute atomic E-state index is 0.333. The Morgan fingerprint density at radius 3 is 2.53 bits per heavy atom. The molecule has 0 spiro atoms. The van der Waals surface area contributed by atoms with Crippen molar-refractivity contribution in [1.29, 1.82) is 0 Å². The van der Waals surface area contributed by atoms with Crippen molar-refractivity contribution < 1.29 is 9.90 Å². The van der Waals surface area contributed by atoms with Crippen LogP contribution in [0.1, 0.15) is 51.4 Å². The van der Waals surface area contributed by atoms with E-state index in [0.29, 0.717) is 18.4 Å². The second kappa shape index (κ2) is 5.80. The Balaban J connectivity index is 1.54. The maximum Gasteiger partial charge on any atom is 0.303 e. The third kappa shape index (κ3) is 3.69. The molecule has 108 valence electrons. The summed E-state index contributed by atoms with van der Waals surface area (Å²) < 4.78 is 0. The first-order chi connectivity index (χ1) is 9.20. The first kappa shape index (κ1) is 13.4. The average molecular weight is 266 g/mol. The molecule has 2 unspecified atom stereocenters. The zero-order chi connectivity index (χ0) is 13.2. The minimum Gasteiger partial charge on any atom is -0.481 e. The van der Waals surface area contributed by atoms with Gasteiger partial charge < -0.3 is 10.4 Å². The zero-order valence-corrected chi connectivity index (χ0v) is 11.7. The van der Waals surface area contributed by atoms with Crippen LogP contribution in [0.25, 0.3) is 0 Å². The maximum absolute atomic E-state index is 10.8. The summed E-state index contributed by atoms with van der Waals surface area (Å²) >= 11 is 0. The van der Waals surface area contributed by atoms with Crippen molar-refractivity contribution in [3.05, 3.63) is 0 Å². The predicted molar refractivity (Wildman–Crippen MR) is 74.1 cm³/mol. The lowest BCUT2D eigenvalue weighted by atomic mass is 9.85. The van der Waals surface area contributed by atoms with Gasteiger partial charge in [0.25, 0.3) is 0 Å². The van der Waals surface area contributed by atoms with E-state index in [1.54, 1.807) is 0 Å². The number of carboxylic acid groups (broad SMARTS) is 1. The van der Waals surface area contributed by atoms with Crippen molar-refractivity contribution in [2.24, 2.45) is 5.92 Å². The van der Waals surface area contributed by atoms with Crippen LogP contribution in [0.2, 0.25) is 0 Å². The fourth-order valence-electron chi connectivity index (χ4n) is 3.53. The second-order valence-electron chi connectivity index (χ2n) is 6.71. The van der Waals surface area contributed by atoms with E-state index in [0.717, 1.165) is 25.0 Å². The Morgan fingerprint density at radius 1 is 1.16 bits per heavy atom. The van der Waals surface area contributed by atoms with Gasteiger partial charge in [-0.05, 0) is 44.4 Å². The van der Waals surface area contributed by atoms with Gasteiger partial charge in [-0.25, -0.2) is 0 Å². The summed E-state index contributed by atoms with van der Waals surface area (Å²) in [4.78, 5) is 13.4. The SMILES string of the molecule is O=C(O)CCC1CC(NC2CC2)CN(C2CCC2)C1. The predicted octanol–water partition coefficient (Wildman–Crippen LogP) is 1.85. The summed E-state index contributed by atoms with van der Waals surface area (Å²) in [5.74, 6) is -0.0748. The summed E-state index contributed by atoms with van der Waals surface area (Å²) in [5.41, 5.74) is 0. The quantitative estimate of drug-likeness (QED) is 0.770. The van der Waals surface area contributed by atoms with Gasteiger partial charge in [0.15, 0.2) is 0 Å². The van der Waals surface area contributed by atoms with Crippen molar-refractivity contribution in [1.82, 2.24) is 10.2 Å². The first-order valence-electron chi connectivity index (χ1n) is 7.92. The van der Waals surface area contributed by atoms with Crippen LogP contribution in [0, 0.1) is 5.92 Å². The van der Waals surface area contributed by atoms with Gasteiger partial charge in [-0.2, -0.15) is 0 Å². The third-order valence-electron chi connectivity index (χ3n) is 4.97. The molecule has 4 heteroatoms. The normalized spacial score (nSPS) is 33.1. The second-order valence-corrected chi connectivity index (χ2v) is 6.71. The summed E-state index contributed by atoms with van der Waals surface area (Å²) in [6, 6.07) is 2.14. The lowest BCUT2D eigenvalue weighted by molar-refractivity contribution is -0.137. The average Bonchev–Trinajstić information content (AvgIpc) is 3.07. The Bertz CT molecular complexity index is 326. The van der Waals surface area contributed by atoms with E-state index in [2.05, 4.69) is 10.2 Å². The number of hydrogen-bond donors (Lipinski definition) is 2. The molecule has 19 heavy (non-hydrogen) atoms. The van der Waals surface area contributed by atoms with Crippen LogP contribution in [0.5, 0.6) is 0 Å². The fourth-order valence-corrected chi connectivity index (χ4v) is 3.53. The van der Waals surface area contributed by atoms with Crippen LogP contribution >= 0.6 is 0 Å². The molecule has 0 amide bonds. The smallest absolute Gasteiger partial charge is 0.303 e. The highest BCUT2D eigenvalue weighted by Crippen LogP contribution is 2.32. The van der Waals surface area contributed by atoms with E-state index in [-0.39, 0.29) is 0 Å². The van der Waals surface area contributed by atoms with E-state index in [9.17, 15) is 4.79 Å². The Kier molecular flexibility index (Phi) is 4.08. The molecule has 3 aliphatic rings. The number of likely N-dealkylation sites (tertiary alicyclic amines) is 1. The molecule has 4 nitrogen and oxygen atoms in total. The fraction of sp³-hybridized carbons (Fsp3) is 0.933. The van der Waals surface area contributed by atoms with Crippen LogP contribution in [0.15, 0.2) is 0 Å². The number of carbonyl (C=O) groups is 1. The van der Waals surface area contributed by atoms with Gasteiger partial charge >= 0.3 is 5.97 Å². The number of carboxylic acids is 1. The van der Waals surface area contributed by atoms with Crippen molar-refractivity contribution in [2.75, 3.05) is 13.1 Å². The standard InChI is InChI=1S/C15H26N2O2/c18-15(19)7-4-11-8-13(16-12-5-6-12)10-17(9-11)14-2-1-3-14/h11-14,16H,1-10H2,(H,18,19). The Labute approximate surface area is 115 Å². The lowest BCUT2D eigenvalue weighted by Crippen LogP contribution is -2.54. The Morgan fingerprint density at radius 2 is 1.95 bits per heavy atom. The van der Waals surface area contributed by atoms with Crippen molar-refractivity contribution >= 4 is 5.97 Å². The van der Waals surface area contributed by atoms with Crippen LogP contribution in [-0.2, 0) is 4.79 Å². The molecular formula is C15H26N2O2. The molecule has 3 fully saturated rings. The molecule has 0 aromatic heterocycles. The molecule has 2 atom stereocenters. The maximum atomic E-state index is 10.8. The largest absolute Gasteiger partial charge is 0.481 e. The van der Waals surface area contributed by atoms with Crippen molar-refractivity contribution in [2.45, 2.75) is 69.5 Å². The van der Waals surface area contributed by atoms with Gasteiger partial charge in [0, 0.05) is 37.6 Å². The molecular weight excluding hydrogens is 240 g/mol. The highest BCUT2D eigenvalue weighted by Gasteiger charge is 2.35. The van der Waals surface area contributed by atoms with Gasteiger partial charge in [0.05, 0.1) is 0 Å². The Hall–Kier alpha value is -0.610. The van der Waals surface area contributed by atoms with Gasteiger partial charge in [0.1, 0.15) is 0 Å². The summed E-state index contributed by atoms with van der Waals surface area (Å²) in [7, 11) is 0. The number of hydrogen-bond acceptors (Lipinski definition) is 3. The molecule has 2 N–H and O–H groups in total. The van der Waals surface area contributed by atoms with E-state index in [1.807, 2.05) is 0 Å². The molecule has 1 heterocycles. The summed E-state index contributed by atoms with van der Waals surface area (Å²) in [5, 5.41) is 12.6. The molecule has 0 aromatic carbocycles. The van der Waals surface area contributed by atoms with Crippen molar-refractivity contribution in [3.63, 3.8) is 0 Å². The molecule has 0 aromatic rings. The molecule has 0 radical (unpaired) electrons. The van der Waals surface area contributed by atoms with Crippen LogP contribution in [0.3, 0.4) is 0 Å². The highest BCUT2D eigenvalue weighted by molar-refractivity contribution is 5.66. The minimum atomic E-state index is -0.646. The number of aliphatic carboxylic acids is 1. The van der Waals surface area contributed by atoms with Crippen LogP contribution in [0.4, 0.5) is 0 Å². The lowest BCUT2D eigenvalue weighted by Gasteiger charge is -2.45. The topological polar surface area (TPSA) is 52.6 Å². The molecule has 1 aliphatic heterocycles. The van der Waals surface area contributed by atoms with E-state index < -0.39 is 5.97 Å². The van der Waals surface area contributed by atoms with Crippen molar-refractivity contribution in [3.8, 4) is 0 Å². The van der Waals surface area contributed by atoms with Crippen LogP contribution in [-0.4, -0.2) is 47.2 Å². The number of piperidine rings is 1. The summed E-state index contributed by atoms with van der Waals surface area (Å²) in [6.45, 7) is 2.31. The summed E-state index contributed by atoms with van der Waals surface area (Å²) in [6.07, 6.45) is 9.10. The molecule has 3 rings (SSSR count). The number of rotatable bonds is 6. The third-order valence-corrected chi connectivity index (χ3v) is 4.97. The molecule has 2 aliphatic carbocycles. The van der Waals surface area contributed by atoms with E-state index in [1.165, 1.54) is 45.1 Å². The van der Waals surface area contributed by atoms with E-state index in [4.69, 9.17) is 5.11 Å². The molecule has 2 saturated carbocycles. The number of nitrogens with zero attached hydrogens (tertiary/aromatic N) is 1.